The first-order valence-electron chi connectivity index (χ1n) is 6.46. The molecule has 0 unspecified atom stereocenters. The maximum absolute atomic E-state index is 5.27. The zero-order valence-electron chi connectivity index (χ0n) is 11.2. The first-order valence-corrected chi connectivity index (χ1v) is 6.46. The van der Waals surface area contributed by atoms with E-state index >= 15 is 0 Å². The van der Waals surface area contributed by atoms with Gasteiger partial charge in [-0.3, -0.25) is 4.98 Å². The Morgan fingerprint density at radius 1 is 1.00 bits per heavy atom. The molecule has 4 aromatic rings. The molecular weight excluding hydrogens is 282 g/mol. The van der Waals surface area contributed by atoms with Gasteiger partial charge in [-0.2, -0.15) is 10.1 Å². The fourth-order valence-electron chi connectivity index (χ4n) is 1.96. The van der Waals surface area contributed by atoms with E-state index < -0.39 is 0 Å². The van der Waals surface area contributed by atoms with E-state index in [1.54, 1.807) is 29.6 Å². The molecule has 1 aromatic carbocycles. The second kappa shape index (κ2) is 5.17. The van der Waals surface area contributed by atoms with Crippen LogP contribution in [0.4, 0.5) is 0 Å². The summed E-state index contributed by atoms with van der Waals surface area (Å²) < 4.78 is 6.94. The van der Waals surface area contributed by atoms with Crippen LogP contribution >= 0.6 is 0 Å². The van der Waals surface area contributed by atoms with Crippen LogP contribution in [0.15, 0.2) is 60.0 Å². The van der Waals surface area contributed by atoms with Crippen LogP contribution in [0.1, 0.15) is 0 Å². The number of benzene rings is 1. The first-order chi connectivity index (χ1) is 10.9. The quantitative estimate of drug-likeness (QED) is 0.567. The van der Waals surface area contributed by atoms with Gasteiger partial charge in [0.25, 0.3) is 5.89 Å². The number of hydrogen-bond acceptors (Lipinski definition) is 7. The van der Waals surface area contributed by atoms with Crippen molar-refractivity contribution in [2.75, 3.05) is 0 Å². The predicted octanol–water partition coefficient (Wildman–Crippen LogP) is 1.77. The minimum absolute atomic E-state index is 0.406. The Labute approximate surface area is 124 Å². The van der Waals surface area contributed by atoms with Crippen LogP contribution in [0, 0.1) is 0 Å². The van der Waals surface area contributed by atoms with Crippen molar-refractivity contribution in [3.8, 4) is 28.7 Å². The van der Waals surface area contributed by atoms with Crippen LogP contribution < -0.4 is 0 Å². The van der Waals surface area contributed by atoms with Crippen molar-refractivity contribution in [2.24, 2.45) is 0 Å². The lowest BCUT2D eigenvalue weighted by molar-refractivity contribution is 0.432. The molecule has 0 aliphatic carbocycles. The fourth-order valence-corrected chi connectivity index (χ4v) is 1.96. The number of aromatic nitrogens is 7. The Morgan fingerprint density at radius 3 is 2.64 bits per heavy atom. The summed E-state index contributed by atoms with van der Waals surface area (Å²) in [5.41, 5.74) is 2.28. The molecule has 0 saturated heterocycles. The zero-order valence-corrected chi connectivity index (χ0v) is 11.2. The van der Waals surface area contributed by atoms with Gasteiger partial charge in [0.05, 0.1) is 11.9 Å². The third-order valence-electron chi connectivity index (χ3n) is 3.02. The van der Waals surface area contributed by atoms with Gasteiger partial charge in [0.15, 0.2) is 0 Å². The summed E-state index contributed by atoms with van der Waals surface area (Å²) >= 11 is 0. The van der Waals surface area contributed by atoms with Crippen LogP contribution in [0.2, 0.25) is 0 Å². The highest BCUT2D eigenvalue weighted by molar-refractivity contribution is 5.58. The van der Waals surface area contributed by atoms with Gasteiger partial charge in [0, 0.05) is 18.0 Å². The Kier molecular flexibility index (Phi) is 2.90. The van der Waals surface area contributed by atoms with Crippen molar-refractivity contribution in [1.29, 1.82) is 0 Å². The average molecular weight is 291 g/mol. The number of rotatable bonds is 3. The highest BCUT2D eigenvalue weighted by Crippen LogP contribution is 2.21. The third kappa shape index (κ3) is 2.22. The van der Waals surface area contributed by atoms with Gasteiger partial charge in [-0.15, -0.1) is 0 Å². The Balaban J connectivity index is 1.64. The van der Waals surface area contributed by atoms with Crippen LogP contribution in [-0.2, 0) is 0 Å². The summed E-state index contributed by atoms with van der Waals surface area (Å²) in [6, 6.07) is 7.56. The van der Waals surface area contributed by atoms with Gasteiger partial charge in [0.2, 0.25) is 5.82 Å². The van der Waals surface area contributed by atoms with Crippen LogP contribution in [0.3, 0.4) is 0 Å². The third-order valence-corrected chi connectivity index (χ3v) is 3.02. The number of nitrogens with zero attached hydrogens (tertiary/aromatic N) is 7. The Hall–Kier alpha value is -3.42. The van der Waals surface area contributed by atoms with E-state index in [0.29, 0.717) is 17.4 Å². The lowest BCUT2D eigenvalue weighted by Gasteiger charge is -2.00. The molecule has 0 fully saturated rings. The van der Waals surface area contributed by atoms with Crippen LogP contribution in [-0.4, -0.2) is 34.9 Å². The summed E-state index contributed by atoms with van der Waals surface area (Å²) in [5, 5.41) is 7.99. The predicted molar refractivity (Wildman–Crippen MR) is 75.7 cm³/mol. The van der Waals surface area contributed by atoms with Crippen molar-refractivity contribution >= 4 is 0 Å². The maximum Gasteiger partial charge on any atom is 0.258 e. The summed E-state index contributed by atoms with van der Waals surface area (Å²) in [6.45, 7) is 0. The molecule has 0 atom stereocenters. The highest BCUT2D eigenvalue weighted by atomic mass is 16.5. The zero-order chi connectivity index (χ0) is 14.8. The molecule has 4 rings (SSSR count). The van der Waals surface area contributed by atoms with E-state index in [2.05, 4.69) is 30.2 Å². The summed E-state index contributed by atoms with van der Waals surface area (Å²) in [4.78, 5) is 16.4. The molecule has 8 heteroatoms. The van der Waals surface area contributed by atoms with Crippen molar-refractivity contribution < 1.29 is 4.52 Å². The van der Waals surface area contributed by atoms with Gasteiger partial charge in [-0.1, -0.05) is 5.16 Å². The molecule has 0 bridgehead atoms. The van der Waals surface area contributed by atoms with Crippen molar-refractivity contribution in [2.45, 2.75) is 0 Å². The molecule has 0 saturated carbocycles. The van der Waals surface area contributed by atoms with Gasteiger partial charge < -0.3 is 4.52 Å². The Bertz CT molecular complexity index is 869. The van der Waals surface area contributed by atoms with E-state index in [0.717, 1.165) is 11.3 Å². The average Bonchev–Trinajstić information content (AvgIpc) is 3.28. The fraction of sp³-hybridized carbons (Fsp3) is 0. The second-order valence-corrected chi connectivity index (χ2v) is 4.40. The summed E-state index contributed by atoms with van der Waals surface area (Å²) in [5.74, 6) is 0.828. The van der Waals surface area contributed by atoms with Crippen molar-refractivity contribution in [1.82, 2.24) is 34.9 Å². The molecule has 3 aromatic heterocycles. The van der Waals surface area contributed by atoms with E-state index in [-0.39, 0.29) is 0 Å². The second-order valence-electron chi connectivity index (χ2n) is 4.40. The largest absolute Gasteiger partial charge is 0.334 e. The molecule has 0 N–H and O–H groups in total. The van der Waals surface area contributed by atoms with E-state index in [4.69, 9.17) is 4.52 Å². The summed E-state index contributed by atoms with van der Waals surface area (Å²) in [6.07, 6.45) is 7.88. The van der Waals surface area contributed by atoms with Crippen LogP contribution in [0.5, 0.6) is 0 Å². The molecule has 3 heterocycles. The minimum Gasteiger partial charge on any atom is -0.334 e. The van der Waals surface area contributed by atoms with Gasteiger partial charge >= 0.3 is 0 Å². The molecule has 0 amide bonds. The normalized spacial score (nSPS) is 10.7. The van der Waals surface area contributed by atoms with Crippen LogP contribution in [0.25, 0.3) is 28.7 Å². The Morgan fingerprint density at radius 2 is 1.91 bits per heavy atom. The maximum atomic E-state index is 5.27. The topological polar surface area (TPSA) is 95.4 Å². The van der Waals surface area contributed by atoms with E-state index in [1.807, 2.05) is 24.3 Å². The first kappa shape index (κ1) is 12.3. The van der Waals surface area contributed by atoms with Gasteiger partial charge in [-0.05, 0) is 24.3 Å². The SMILES string of the molecule is c1cnc(-c2noc(-c3ccc(-n4cncn4)cc3)n2)cn1. The molecular formula is C14H9N7O. The standard InChI is InChI=1S/C14H9N7O/c1-3-11(21-9-16-8-18-21)4-2-10(1)14-19-13(20-22-14)12-7-15-5-6-17-12/h1-9H. The van der Waals surface area contributed by atoms with E-state index in [1.165, 1.54) is 6.33 Å². The smallest absolute Gasteiger partial charge is 0.258 e. The van der Waals surface area contributed by atoms with E-state index in [9.17, 15) is 0 Å². The van der Waals surface area contributed by atoms with Gasteiger partial charge in [-0.25, -0.2) is 14.6 Å². The van der Waals surface area contributed by atoms with Crippen molar-refractivity contribution in [3.05, 3.63) is 55.5 Å². The highest BCUT2D eigenvalue weighted by Gasteiger charge is 2.11. The molecule has 0 aliphatic heterocycles. The molecule has 8 nitrogen and oxygen atoms in total. The molecule has 22 heavy (non-hydrogen) atoms. The van der Waals surface area contributed by atoms with Gasteiger partial charge in [0.1, 0.15) is 18.3 Å². The molecule has 106 valence electrons. The monoisotopic (exact) mass is 291 g/mol. The number of hydrogen-bond donors (Lipinski definition) is 0. The molecule has 0 radical (unpaired) electrons. The lowest BCUT2D eigenvalue weighted by Crippen LogP contribution is -1.93. The lowest BCUT2D eigenvalue weighted by atomic mass is 10.2. The summed E-state index contributed by atoms with van der Waals surface area (Å²) in [7, 11) is 0. The molecule has 0 aliphatic rings. The van der Waals surface area contributed by atoms with Crippen molar-refractivity contribution in [3.63, 3.8) is 0 Å². The minimum atomic E-state index is 0.406. The molecule has 0 spiro atoms.